The molecule has 0 aromatic heterocycles. The van der Waals surface area contributed by atoms with Gasteiger partial charge in [-0.05, 0) is 0 Å². The van der Waals surface area contributed by atoms with E-state index in [2.05, 4.69) is 5.73 Å². The highest BCUT2D eigenvalue weighted by atomic mass is 16.4. The zero-order valence-electron chi connectivity index (χ0n) is 1.93. The molecule has 0 unspecified atom stereocenters. The van der Waals surface area contributed by atoms with Crippen LogP contribution < -0.4 is 5.73 Å². The van der Waals surface area contributed by atoms with Crippen LogP contribution in [0.5, 0.6) is 0 Å². The van der Waals surface area contributed by atoms with Crippen molar-refractivity contribution >= 4 is 6.09 Å². The van der Waals surface area contributed by atoms with E-state index in [0.717, 1.165) is 0 Å². The van der Waals surface area contributed by atoms with E-state index in [9.17, 15) is 0 Å². The highest BCUT2D eigenvalue weighted by molar-refractivity contribution is 5.61. The lowest BCUT2D eigenvalue weighted by Gasteiger charge is -1.61. The molecule has 0 aliphatic rings. The maximum atomic E-state index is 8.78. The molecule has 3 N–H and O–H groups in total. The van der Waals surface area contributed by atoms with E-state index in [1.54, 1.807) is 0 Å². The van der Waals surface area contributed by atoms with Crippen LogP contribution in [0.3, 0.4) is 0 Å². The first-order chi connectivity index (χ1) is 1.73. The second-order valence-electron chi connectivity index (χ2n) is 0.338. The topological polar surface area (TPSA) is 63.3 Å². The van der Waals surface area contributed by atoms with E-state index in [0.29, 0.717) is 0 Å². The Balaban J connectivity index is 0. The van der Waals surface area contributed by atoms with Crippen molar-refractivity contribution < 1.29 is 9.90 Å². The standard InChI is InChI=1S/CH3NO2.CH4/c2-1(3)4;/h2H2,(H,3,4);1H4. The monoisotopic (exact) mass is 77.0 g/mol. The summed E-state index contributed by atoms with van der Waals surface area (Å²) in [4.78, 5) is 8.78. The summed E-state index contributed by atoms with van der Waals surface area (Å²) in [5.74, 6) is 0. The second kappa shape index (κ2) is 3.27. The van der Waals surface area contributed by atoms with Crippen LogP contribution in [0.15, 0.2) is 0 Å². The highest BCUT2D eigenvalue weighted by Gasteiger charge is 1.65. The molecular weight excluding hydrogens is 70.0 g/mol. The van der Waals surface area contributed by atoms with Crippen molar-refractivity contribution in [2.75, 3.05) is 0 Å². The van der Waals surface area contributed by atoms with E-state index in [1.807, 2.05) is 0 Å². The molecule has 0 fully saturated rings. The summed E-state index contributed by atoms with van der Waals surface area (Å²) < 4.78 is 0. The predicted molar refractivity (Wildman–Crippen MR) is 18.9 cm³/mol. The van der Waals surface area contributed by atoms with E-state index in [-0.39, 0.29) is 7.43 Å². The van der Waals surface area contributed by atoms with Crippen LogP contribution in [0, 0.1) is 0 Å². The molecular formula is C2H7NO2. The molecule has 32 valence electrons. The Labute approximate surface area is 30.4 Å². The van der Waals surface area contributed by atoms with Gasteiger partial charge in [0.1, 0.15) is 0 Å². The predicted octanol–water partition coefficient (Wildman–Crippen LogP) is 0.259. The van der Waals surface area contributed by atoms with Gasteiger partial charge in [0.25, 0.3) is 0 Å². The molecule has 0 bridgehead atoms. The maximum Gasteiger partial charge on any atom is 0.402 e. The lowest BCUT2D eigenvalue weighted by Crippen LogP contribution is -2.03. The Morgan fingerprint density at radius 2 is 1.80 bits per heavy atom. The van der Waals surface area contributed by atoms with Crippen molar-refractivity contribution in [2.45, 2.75) is 7.43 Å². The molecule has 1 amide bonds. The van der Waals surface area contributed by atoms with Gasteiger partial charge < -0.3 is 10.8 Å². The van der Waals surface area contributed by atoms with Crippen LogP contribution in [0.25, 0.3) is 0 Å². The summed E-state index contributed by atoms with van der Waals surface area (Å²) >= 11 is 0. The van der Waals surface area contributed by atoms with Crippen molar-refractivity contribution in [3.05, 3.63) is 0 Å². The first kappa shape index (κ1) is 8.86. The molecule has 0 atom stereocenters. The van der Waals surface area contributed by atoms with Gasteiger partial charge in [0, 0.05) is 0 Å². The lowest BCUT2D eigenvalue weighted by molar-refractivity contribution is 0.205. The van der Waals surface area contributed by atoms with Crippen LogP contribution in [-0.2, 0) is 0 Å². The highest BCUT2D eigenvalue weighted by Crippen LogP contribution is 1.34. The van der Waals surface area contributed by atoms with E-state index in [1.165, 1.54) is 0 Å². The van der Waals surface area contributed by atoms with Gasteiger partial charge in [-0.25, -0.2) is 4.79 Å². The smallest absolute Gasteiger partial charge is 0.402 e. The summed E-state index contributed by atoms with van der Waals surface area (Å²) in [6, 6.07) is 0. The molecule has 3 nitrogen and oxygen atoms in total. The first-order valence-electron chi connectivity index (χ1n) is 0.716. The third-order valence-electron chi connectivity index (χ3n) is 0. The van der Waals surface area contributed by atoms with Gasteiger partial charge in [-0.3, -0.25) is 0 Å². The Hall–Kier alpha value is -0.730. The summed E-state index contributed by atoms with van der Waals surface area (Å²) in [7, 11) is 0. The molecule has 5 heavy (non-hydrogen) atoms. The average molecular weight is 77.1 g/mol. The number of hydrogen-bond acceptors (Lipinski definition) is 1. The van der Waals surface area contributed by atoms with Gasteiger partial charge in [-0.2, -0.15) is 0 Å². The Kier molecular flexibility index (Phi) is 5.79. The minimum atomic E-state index is -1.33. The van der Waals surface area contributed by atoms with Crippen LogP contribution in [0.2, 0.25) is 0 Å². The van der Waals surface area contributed by atoms with Crippen LogP contribution in [-0.4, -0.2) is 11.2 Å². The van der Waals surface area contributed by atoms with Crippen molar-refractivity contribution in [3.8, 4) is 0 Å². The molecule has 0 aromatic rings. The third kappa shape index (κ3) is 9.90. The van der Waals surface area contributed by atoms with E-state index >= 15 is 0 Å². The van der Waals surface area contributed by atoms with Gasteiger partial charge in [0.15, 0.2) is 0 Å². The number of nitrogens with two attached hydrogens (primary N) is 1. The Bertz CT molecular complexity index is 30.6. The number of rotatable bonds is 0. The summed E-state index contributed by atoms with van der Waals surface area (Å²) in [5.41, 5.74) is 4.03. The fraction of sp³-hybridized carbons (Fsp3) is 0.500. The summed E-state index contributed by atoms with van der Waals surface area (Å²) in [5, 5.41) is 7.19. The average Bonchev–Trinajstić information content (AvgIpc) is 0.811. The van der Waals surface area contributed by atoms with Gasteiger partial charge in [-0.1, -0.05) is 7.43 Å². The summed E-state index contributed by atoms with van der Waals surface area (Å²) in [6.45, 7) is 0. The molecule has 0 saturated heterocycles. The fourth-order valence-electron chi connectivity index (χ4n) is 0. The zero-order chi connectivity index (χ0) is 3.58. The zero-order valence-corrected chi connectivity index (χ0v) is 1.93. The number of carbonyl (C=O) groups is 1. The number of amides is 1. The molecule has 0 radical (unpaired) electrons. The van der Waals surface area contributed by atoms with E-state index in [4.69, 9.17) is 9.90 Å². The maximum absolute atomic E-state index is 8.78. The number of hydrogen-bond donors (Lipinski definition) is 2. The molecule has 0 aliphatic carbocycles. The van der Waals surface area contributed by atoms with Crippen molar-refractivity contribution in [1.29, 1.82) is 0 Å². The normalized spacial score (nSPS) is 4.80. The second-order valence-corrected chi connectivity index (χ2v) is 0.338. The van der Waals surface area contributed by atoms with Crippen molar-refractivity contribution in [1.82, 2.24) is 0 Å². The van der Waals surface area contributed by atoms with Crippen molar-refractivity contribution in [2.24, 2.45) is 5.73 Å². The van der Waals surface area contributed by atoms with Crippen LogP contribution >= 0.6 is 0 Å². The van der Waals surface area contributed by atoms with Gasteiger partial charge in [0.05, 0.1) is 0 Å². The summed E-state index contributed by atoms with van der Waals surface area (Å²) in [6.07, 6.45) is -1.33. The SMILES string of the molecule is C.NC(=O)O. The van der Waals surface area contributed by atoms with Gasteiger partial charge in [-0.15, -0.1) is 0 Å². The van der Waals surface area contributed by atoms with Gasteiger partial charge in [0.2, 0.25) is 0 Å². The van der Waals surface area contributed by atoms with Crippen LogP contribution in [0.1, 0.15) is 7.43 Å². The molecule has 0 spiro atoms. The number of primary amides is 1. The minimum Gasteiger partial charge on any atom is -0.465 e. The Morgan fingerprint density at radius 3 is 1.80 bits per heavy atom. The minimum absolute atomic E-state index is 0. The molecule has 3 heteroatoms. The fourth-order valence-corrected chi connectivity index (χ4v) is 0. The lowest BCUT2D eigenvalue weighted by atomic mass is 11.3. The van der Waals surface area contributed by atoms with Crippen molar-refractivity contribution in [3.63, 3.8) is 0 Å². The molecule has 0 rings (SSSR count). The third-order valence-corrected chi connectivity index (χ3v) is 0. The van der Waals surface area contributed by atoms with Crippen LogP contribution in [0.4, 0.5) is 4.79 Å². The Morgan fingerprint density at radius 1 is 1.80 bits per heavy atom. The number of carboxylic acid groups (broad SMARTS) is 1. The molecule has 0 saturated carbocycles. The quantitative estimate of drug-likeness (QED) is 0.435. The van der Waals surface area contributed by atoms with E-state index < -0.39 is 6.09 Å². The molecule has 0 aromatic carbocycles. The molecule has 0 heterocycles. The molecule has 0 aliphatic heterocycles. The van der Waals surface area contributed by atoms with Gasteiger partial charge >= 0.3 is 6.09 Å². The first-order valence-corrected chi connectivity index (χ1v) is 0.716. The largest absolute Gasteiger partial charge is 0.465 e.